The van der Waals surface area contributed by atoms with Crippen molar-refractivity contribution in [3.8, 4) is 5.75 Å². The Bertz CT molecular complexity index is 597. The van der Waals surface area contributed by atoms with E-state index in [2.05, 4.69) is 10.6 Å². The van der Waals surface area contributed by atoms with Gasteiger partial charge in [0.1, 0.15) is 5.75 Å². The van der Waals surface area contributed by atoms with Gasteiger partial charge in [-0.2, -0.15) is 0 Å². The number of carbonyl (C=O) groups excluding carboxylic acids is 2. The predicted molar refractivity (Wildman–Crippen MR) is 88.8 cm³/mol. The van der Waals surface area contributed by atoms with E-state index in [0.29, 0.717) is 17.9 Å². The van der Waals surface area contributed by atoms with Crippen LogP contribution in [0.3, 0.4) is 0 Å². The van der Waals surface area contributed by atoms with Gasteiger partial charge in [-0.25, -0.2) is 0 Å². The van der Waals surface area contributed by atoms with E-state index in [-0.39, 0.29) is 17.7 Å². The smallest absolute Gasteiger partial charge is 0.227 e. The van der Waals surface area contributed by atoms with Crippen molar-refractivity contribution < 1.29 is 14.3 Å². The number of ether oxygens (including phenoxy) is 1. The SMILES string of the molecule is COc1cc(NC(=O)C2CCNCC2)ccc1N1CCCC1=O. The van der Waals surface area contributed by atoms with Gasteiger partial charge in [0.2, 0.25) is 11.8 Å². The van der Waals surface area contributed by atoms with Crippen LogP contribution in [0.2, 0.25) is 0 Å². The summed E-state index contributed by atoms with van der Waals surface area (Å²) in [7, 11) is 1.58. The number of nitrogens with one attached hydrogen (secondary N) is 2. The van der Waals surface area contributed by atoms with Crippen LogP contribution in [-0.2, 0) is 9.59 Å². The van der Waals surface area contributed by atoms with Gasteiger partial charge in [-0.1, -0.05) is 0 Å². The normalized spacial score (nSPS) is 19.0. The molecule has 0 atom stereocenters. The van der Waals surface area contributed by atoms with Crippen molar-refractivity contribution in [2.24, 2.45) is 5.92 Å². The molecule has 2 amide bonds. The van der Waals surface area contributed by atoms with Gasteiger partial charge in [-0.15, -0.1) is 0 Å². The van der Waals surface area contributed by atoms with Gasteiger partial charge >= 0.3 is 0 Å². The zero-order valence-electron chi connectivity index (χ0n) is 13.4. The first-order valence-corrected chi connectivity index (χ1v) is 8.19. The maximum atomic E-state index is 12.3. The number of nitrogens with zero attached hydrogens (tertiary/aromatic N) is 1. The zero-order chi connectivity index (χ0) is 16.2. The summed E-state index contributed by atoms with van der Waals surface area (Å²) in [5.74, 6) is 0.846. The Hall–Kier alpha value is -2.08. The molecule has 6 heteroatoms. The number of carbonyl (C=O) groups is 2. The molecule has 0 unspecified atom stereocenters. The zero-order valence-corrected chi connectivity index (χ0v) is 13.4. The van der Waals surface area contributed by atoms with Crippen LogP contribution in [0.25, 0.3) is 0 Å². The fourth-order valence-corrected chi connectivity index (χ4v) is 3.21. The van der Waals surface area contributed by atoms with Crippen LogP contribution < -0.4 is 20.3 Å². The number of hydrogen-bond donors (Lipinski definition) is 2. The lowest BCUT2D eigenvalue weighted by molar-refractivity contribution is -0.120. The molecule has 0 aliphatic carbocycles. The van der Waals surface area contributed by atoms with Crippen LogP contribution in [0.5, 0.6) is 5.75 Å². The van der Waals surface area contributed by atoms with Crippen LogP contribution >= 0.6 is 0 Å². The topological polar surface area (TPSA) is 70.7 Å². The Morgan fingerprint density at radius 2 is 2.13 bits per heavy atom. The number of amides is 2. The van der Waals surface area contributed by atoms with E-state index >= 15 is 0 Å². The number of anilines is 2. The Morgan fingerprint density at radius 3 is 2.78 bits per heavy atom. The summed E-state index contributed by atoms with van der Waals surface area (Å²) < 4.78 is 5.42. The van der Waals surface area contributed by atoms with Crippen molar-refractivity contribution in [2.75, 3.05) is 37.0 Å². The van der Waals surface area contributed by atoms with E-state index < -0.39 is 0 Å². The highest BCUT2D eigenvalue weighted by Crippen LogP contribution is 2.34. The van der Waals surface area contributed by atoms with Gasteiger partial charge in [0.15, 0.2) is 0 Å². The lowest BCUT2D eigenvalue weighted by Gasteiger charge is -2.23. The summed E-state index contributed by atoms with van der Waals surface area (Å²) in [4.78, 5) is 26.0. The first-order valence-electron chi connectivity index (χ1n) is 8.19. The van der Waals surface area contributed by atoms with Crippen LogP contribution in [-0.4, -0.2) is 38.6 Å². The van der Waals surface area contributed by atoms with E-state index in [9.17, 15) is 9.59 Å². The highest BCUT2D eigenvalue weighted by atomic mass is 16.5. The summed E-state index contributed by atoms with van der Waals surface area (Å²) in [6.45, 7) is 2.49. The Balaban J connectivity index is 1.73. The van der Waals surface area contributed by atoms with Crippen molar-refractivity contribution in [1.29, 1.82) is 0 Å². The van der Waals surface area contributed by atoms with Gasteiger partial charge in [-0.05, 0) is 44.5 Å². The van der Waals surface area contributed by atoms with Gasteiger partial charge < -0.3 is 20.3 Å². The summed E-state index contributed by atoms with van der Waals surface area (Å²) in [5.41, 5.74) is 1.48. The molecule has 0 spiro atoms. The Morgan fingerprint density at radius 1 is 1.35 bits per heavy atom. The van der Waals surface area contributed by atoms with Crippen molar-refractivity contribution in [2.45, 2.75) is 25.7 Å². The number of piperidine rings is 1. The van der Waals surface area contributed by atoms with E-state index in [4.69, 9.17) is 4.74 Å². The van der Waals surface area contributed by atoms with Crippen molar-refractivity contribution in [3.05, 3.63) is 18.2 Å². The van der Waals surface area contributed by atoms with E-state index in [1.54, 1.807) is 18.1 Å². The van der Waals surface area contributed by atoms with Crippen molar-refractivity contribution >= 4 is 23.2 Å². The third kappa shape index (κ3) is 3.47. The molecule has 2 aliphatic heterocycles. The number of rotatable bonds is 4. The largest absolute Gasteiger partial charge is 0.494 e. The van der Waals surface area contributed by atoms with E-state index in [1.165, 1.54) is 0 Å². The molecule has 3 rings (SSSR count). The maximum Gasteiger partial charge on any atom is 0.227 e. The quantitative estimate of drug-likeness (QED) is 0.888. The molecule has 2 saturated heterocycles. The summed E-state index contributed by atoms with van der Waals surface area (Å²) >= 11 is 0. The molecule has 2 aliphatic rings. The maximum absolute atomic E-state index is 12.3. The average molecular weight is 317 g/mol. The average Bonchev–Trinajstić information content (AvgIpc) is 3.01. The minimum absolute atomic E-state index is 0.0542. The summed E-state index contributed by atoms with van der Waals surface area (Å²) in [6.07, 6.45) is 3.18. The monoisotopic (exact) mass is 317 g/mol. The molecular weight excluding hydrogens is 294 g/mol. The molecule has 2 N–H and O–H groups in total. The molecule has 2 heterocycles. The van der Waals surface area contributed by atoms with E-state index in [1.807, 2.05) is 12.1 Å². The summed E-state index contributed by atoms with van der Waals surface area (Å²) in [6, 6.07) is 5.47. The van der Waals surface area contributed by atoms with Gasteiger partial charge in [0.25, 0.3) is 0 Å². The minimum atomic E-state index is 0.0542. The van der Waals surface area contributed by atoms with E-state index in [0.717, 1.165) is 44.6 Å². The third-order valence-electron chi connectivity index (χ3n) is 4.52. The molecule has 6 nitrogen and oxygen atoms in total. The molecule has 23 heavy (non-hydrogen) atoms. The highest BCUT2D eigenvalue weighted by molar-refractivity contribution is 5.98. The number of methoxy groups -OCH3 is 1. The molecule has 0 radical (unpaired) electrons. The molecule has 0 bridgehead atoms. The van der Waals surface area contributed by atoms with Crippen molar-refractivity contribution in [3.63, 3.8) is 0 Å². The standard InChI is InChI=1S/C17H23N3O3/c1-23-15-11-13(19-17(22)12-6-8-18-9-7-12)4-5-14(15)20-10-2-3-16(20)21/h4-5,11-12,18H,2-3,6-10H2,1H3,(H,19,22). The Kier molecular flexibility index (Phi) is 4.81. The fourth-order valence-electron chi connectivity index (χ4n) is 3.21. The van der Waals surface area contributed by atoms with Crippen LogP contribution in [0.4, 0.5) is 11.4 Å². The van der Waals surface area contributed by atoms with Crippen LogP contribution in [0.15, 0.2) is 18.2 Å². The second kappa shape index (κ2) is 7.00. The second-order valence-corrected chi connectivity index (χ2v) is 6.05. The molecule has 0 saturated carbocycles. The number of hydrogen-bond acceptors (Lipinski definition) is 4. The summed E-state index contributed by atoms with van der Waals surface area (Å²) in [5, 5.41) is 6.22. The second-order valence-electron chi connectivity index (χ2n) is 6.05. The molecular formula is C17H23N3O3. The Labute approximate surface area is 136 Å². The molecule has 1 aromatic carbocycles. The van der Waals surface area contributed by atoms with Gasteiger partial charge in [0.05, 0.1) is 12.8 Å². The number of benzene rings is 1. The molecule has 0 aromatic heterocycles. The lowest BCUT2D eigenvalue weighted by Crippen LogP contribution is -2.34. The minimum Gasteiger partial charge on any atom is -0.494 e. The molecule has 1 aromatic rings. The van der Waals surface area contributed by atoms with Crippen molar-refractivity contribution in [1.82, 2.24) is 5.32 Å². The molecule has 124 valence electrons. The predicted octanol–water partition coefficient (Wildman–Crippen LogP) is 1.76. The van der Waals surface area contributed by atoms with Crippen LogP contribution in [0.1, 0.15) is 25.7 Å². The fraction of sp³-hybridized carbons (Fsp3) is 0.529. The van der Waals surface area contributed by atoms with Crippen LogP contribution in [0, 0.1) is 5.92 Å². The molecule has 2 fully saturated rings. The van der Waals surface area contributed by atoms with Gasteiger partial charge in [0, 0.05) is 30.6 Å². The first kappa shape index (κ1) is 15.8. The lowest BCUT2D eigenvalue weighted by atomic mass is 9.97. The highest BCUT2D eigenvalue weighted by Gasteiger charge is 2.25. The third-order valence-corrected chi connectivity index (χ3v) is 4.52. The van der Waals surface area contributed by atoms with Gasteiger partial charge in [-0.3, -0.25) is 9.59 Å². The first-order chi connectivity index (χ1) is 11.2.